The second-order valence-electron chi connectivity index (χ2n) is 7.16. The number of fused-ring (bicyclic) bond motifs is 5. The third kappa shape index (κ3) is 1.36. The summed E-state index contributed by atoms with van der Waals surface area (Å²) in [6.45, 7) is 1.94. The fraction of sp³-hybridized carbons (Fsp3) is 0.611. The first-order chi connectivity index (χ1) is 9.56. The van der Waals surface area contributed by atoms with E-state index in [4.69, 9.17) is 0 Å². The van der Waals surface area contributed by atoms with Crippen LogP contribution in [0.2, 0.25) is 0 Å². The summed E-state index contributed by atoms with van der Waals surface area (Å²) >= 11 is 0. The lowest BCUT2D eigenvalue weighted by molar-refractivity contribution is -0.133. The van der Waals surface area contributed by atoms with Crippen molar-refractivity contribution in [2.45, 2.75) is 51.0 Å². The van der Waals surface area contributed by atoms with E-state index >= 15 is 0 Å². The molecule has 0 spiro atoms. The van der Waals surface area contributed by atoms with Crippen molar-refractivity contribution in [1.29, 1.82) is 0 Å². The fourth-order valence-electron chi connectivity index (χ4n) is 4.96. The highest BCUT2D eigenvalue weighted by Gasteiger charge is 2.60. The topological polar surface area (TPSA) is 37.3 Å². The molecule has 0 radical (unpaired) electrons. The SMILES string of the molecule is C[C@]12CC[C@H]3C(=CC=C4CCCC[C@@H]43)[C@]1(O)C=CC2=O. The van der Waals surface area contributed by atoms with Gasteiger partial charge in [-0.2, -0.15) is 0 Å². The Balaban J connectivity index is 1.81. The lowest BCUT2D eigenvalue weighted by atomic mass is 9.54. The van der Waals surface area contributed by atoms with Crippen molar-refractivity contribution < 1.29 is 9.90 Å². The quantitative estimate of drug-likeness (QED) is 0.733. The molecule has 106 valence electrons. The number of allylic oxidation sites excluding steroid dienone is 4. The van der Waals surface area contributed by atoms with E-state index in [0.717, 1.165) is 18.4 Å². The van der Waals surface area contributed by atoms with E-state index in [1.165, 1.54) is 25.7 Å². The summed E-state index contributed by atoms with van der Waals surface area (Å²) in [5.41, 5.74) is 1.01. The molecule has 0 bridgehead atoms. The van der Waals surface area contributed by atoms with Gasteiger partial charge in [0, 0.05) is 0 Å². The molecule has 0 unspecified atom stereocenters. The van der Waals surface area contributed by atoms with Crippen molar-refractivity contribution in [3.63, 3.8) is 0 Å². The number of rotatable bonds is 0. The molecule has 2 nitrogen and oxygen atoms in total. The molecule has 0 heterocycles. The van der Waals surface area contributed by atoms with Crippen LogP contribution in [0.15, 0.2) is 35.5 Å². The Morgan fingerprint density at radius 1 is 1.20 bits per heavy atom. The minimum Gasteiger partial charge on any atom is -0.380 e. The number of ketones is 1. The summed E-state index contributed by atoms with van der Waals surface area (Å²) in [4.78, 5) is 12.2. The lowest BCUT2D eigenvalue weighted by Gasteiger charge is -2.51. The molecule has 4 aliphatic carbocycles. The van der Waals surface area contributed by atoms with Crippen molar-refractivity contribution in [3.05, 3.63) is 35.5 Å². The average molecular weight is 270 g/mol. The molecular formula is C18H22O2. The van der Waals surface area contributed by atoms with E-state index in [9.17, 15) is 9.90 Å². The van der Waals surface area contributed by atoms with Crippen molar-refractivity contribution >= 4 is 5.78 Å². The largest absolute Gasteiger partial charge is 0.380 e. The molecule has 0 saturated heterocycles. The fourth-order valence-corrected chi connectivity index (χ4v) is 4.96. The summed E-state index contributed by atoms with van der Waals surface area (Å²) < 4.78 is 0. The normalized spacial score (nSPS) is 46.2. The third-order valence-electron chi connectivity index (χ3n) is 6.33. The maximum Gasteiger partial charge on any atom is 0.164 e. The van der Waals surface area contributed by atoms with Crippen LogP contribution < -0.4 is 0 Å². The van der Waals surface area contributed by atoms with Crippen molar-refractivity contribution in [1.82, 2.24) is 0 Å². The maximum absolute atomic E-state index is 12.2. The van der Waals surface area contributed by atoms with Gasteiger partial charge in [0.05, 0.1) is 5.41 Å². The minimum atomic E-state index is -1.04. The van der Waals surface area contributed by atoms with E-state index in [1.807, 2.05) is 6.92 Å². The predicted molar refractivity (Wildman–Crippen MR) is 78.1 cm³/mol. The van der Waals surface area contributed by atoms with Gasteiger partial charge in [-0.15, -0.1) is 0 Å². The van der Waals surface area contributed by atoms with Crippen LogP contribution in [0.1, 0.15) is 45.4 Å². The van der Waals surface area contributed by atoms with Crippen LogP contribution in [-0.2, 0) is 4.79 Å². The van der Waals surface area contributed by atoms with Gasteiger partial charge in [0.15, 0.2) is 5.78 Å². The standard InChI is InChI=1S/C18H22O2/c1-17-10-8-14-13-5-3-2-4-12(13)6-7-15(14)18(17,20)11-9-16(17)19/h6-7,9,11,13-14,20H,2-5,8,10H2,1H3/t13-,14+,17+,18+/m0/s1. The number of carbonyl (C=O) groups is 1. The molecule has 1 N–H and O–H groups in total. The van der Waals surface area contributed by atoms with Crippen LogP contribution in [0.5, 0.6) is 0 Å². The second kappa shape index (κ2) is 3.94. The molecule has 4 aliphatic rings. The van der Waals surface area contributed by atoms with Crippen molar-refractivity contribution in [2.75, 3.05) is 0 Å². The first kappa shape index (κ1) is 12.6. The maximum atomic E-state index is 12.2. The Bertz CT molecular complexity index is 568. The monoisotopic (exact) mass is 270 g/mol. The molecule has 0 amide bonds. The highest BCUT2D eigenvalue weighted by molar-refractivity contribution is 6.00. The molecule has 0 aromatic carbocycles. The van der Waals surface area contributed by atoms with Gasteiger partial charge in [-0.1, -0.05) is 24.1 Å². The van der Waals surface area contributed by atoms with Crippen LogP contribution in [0.3, 0.4) is 0 Å². The molecule has 2 heteroatoms. The molecule has 2 saturated carbocycles. The van der Waals surface area contributed by atoms with E-state index in [1.54, 1.807) is 17.7 Å². The molecule has 0 aromatic rings. The average Bonchev–Trinajstić information content (AvgIpc) is 2.71. The molecule has 2 fully saturated rings. The summed E-state index contributed by atoms with van der Waals surface area (Å²) in [7, 11) is 0. The third-order valence-corrected chi connectivity index (χ3v) is 6.33. The Kier molecular flexibility index (Phi) is 2.48. The van der Waals surface area contributed by atoms with Crippen LogP contribution in [0.25, 0.3) is 0 Å². The number of carbonyl (C=O) groups excluding carboxylic acids is 1. The Morgan fingerprint density at radius 3 is 2.90 bits per heavy atom. The Hall–Kier alpha value is -1.15. The van der Waals surface area contributed by atoms with Crippen LogP contribution in [-0.4, -0.2) is 16.5 Å². The number of aliphatic hydroxyl groups is 1. The molecule has 20 heavy (non-hydrogen) atoms. The van der Waals surface area contributed by atoms with Gasteiger partial charge in [0.1, 0.15) is 5.60 Å². The van der Waals surface area contributed by atoms with Gasteiger partial charge in [-0.05, 0) is 68.6 Å². The Morgan fingerprint density at radius 2 is 2.05 bits per heavy atom. The molecule has 0 aromatic heterocycles. The molecule has 0 aliphatic heterocycles. The summed E-state index contributed by atoms with van der Waals surface area (Å²) in [5.74, 6) is 1.16. The highest BCUT2D eigenvalue weighted by atomic mass is 16.3. The zero-order valence-corrected chi connectivity index (χ0v) is 12.1. The van der Waals surface area contributed by atoms with Crippen LogP contribution in [0, 0.1) is 17.3 Å². The van der Waals surface area contributed by atoms with Gasteiger partial charge in [0.25, 0.3) is 0 Å². The molecule has 4 rings (SSSR count). The van der Waals surface area contributed by atoms with Crippen LogP contribution >= 0.6 is 0 Å². The Labute approximate surface area is 120 Å². The zero-order valence-electron chi connectivity index (χ0n) is 12.1. The summed E-state index contributed by atoms with van der Waals surface area (Å²) in [5, 5.41) is 11.2. The predicted octanol–water partition coefficient (Wildman–Crippen LogP) is 3.33. The molecule has 4 atom stereocenters. The van der Waals surface area contributed by atoms with Gasteiger partial charge in [-0.25, -0.2) is 0 Å². The second-order valence-corrected chi connectivity index (χ2v) is 7.16. The van der Waals surface area contributed by atoms with Crippen molar-refractivity contribution in [3.8, 4) is 0 Å². The number of hydrogen-bond acceptors (Lipinski definition) is 2. The first-order valence-electron chi connectivity index (χ1n) is 7.93. The smallest absolute Gasteiger partial charge is 0.164 e. The number of hydrogen-bond donors (Lipinski definition) is 1. The van der Waals surface area contributed by atoms with E-state index in [0.29, 0.717) is 11.8 Å². The van der Waals surface area contributed by atoms with E-state index < -0.39 is 11.0 Å². The van der Waals surface area contributed by atoms with E-state index in [-0.39, 0.29) is 5.78 Å². The summed E-state index contributed by atoms with van der Waals surface area (Å²) in [6.07, 6.45) is 14.6. The zero-order chi connectivity index (χ0) is 14.0. The summed E-state index contributed by atoms with van der Waals surface area (Å²) in [6, 6.07) is 0. The van der Waals surface area contributed by atoms with Crippen molar-refractivity contribution in [2.24, 2.45) is 17.3 Å². The first-order valence-corrected chi connectivity index (χ1v) is 7.93. The highest BCUT2D eigenvalue weighted by Crippen LogP contribution is 2.58. The van der Waals surface area contributed by atoms with Gasteiger partial charge < -0.3 is 5.11 Å². The minimum absolute atomic E-state index is 0.0952. The lowest BCUT2D eigenvalue weighted by Crippen LogP contribution is -2.54. The van der Waals surface area contributed by atoms with Gasteiger partial charge >= 0.3 is 0 Å². The van der Waals surface area contributed by atoms with E-state index in [2.05, 4.69) is 12.2 Å². The molecular weight excluding hydrogens is 248 g/mol. The van der Waals surface area contributed by atoms with Crippen LogP contribution in [0.4, 0.5) is 0 Å². The van der Waals surface area contributed by atoms with Gasteiger partial charge in [-0.3, -0.25) is 4.79 Å². The van der Waals surface area contributed by atoms with Gasteiger partial charge in [0.2, 0.25) is 0 Å².